The molecule has 1 saturated heterocycles. The zero-order valence-electron chi connectivity index (χ0n) is 13.4. The van der Waals surface area contributed by atoms with E-state index < -0.39 is 9.84 Å². The van der Waals surface area contributed by atoms with E-state index in [1.807, 2.05) is 16.9 Å². The van der Waals surface area contributed by atoms with E-state index in [1.54, 1.807) is 11.1 Å². The van der Waals surface area contributed by atoms with Crippen LogP contribution < -0.4 is 0 Å². The minimum Gasteiger partial charge on any atom is -0.341 e. The van der Waals surface area contributed by atoms with Gasteiger partial charge in [0.25, 0.3) is 0 Å². The number of hydrogen-bond acceptors (Lipinski definition) is 4. The number of hydrogen-bond donors (Lipinski definition) is 0. The number of aromatic nitrogens is 2. The molecule has 0 bridgehead atoms. The highest BCUT2D eigenvalue weighted by atomic mass is 32.2. The van der Waals surface area contributed by atoms with Gasteiger partial charge in [0.05, 0.1) is 17.0 Å². The van der Waals surface area contributed by atoms with Crippen LogP contribution in [0.15, 0.2) is 18.5 Å². The van der Waals surface area contributed by atoms with E-state index in [-0.39, 0.29) is 29.4 Å². The lowest BCUT2D eigenvalue weighted by Gasteiger charge is -2.33. The average Bonchev–Trinajstić information content (AvgIpc) is 3.25. The van der Waals surface area contributed by atoms with Crippen LogP contribution in [0.3, 0.4) is 0 Å². The van der Waals surface area contributed by atoms with Crippen LogP contribution in [0.5, 0.6) is 0 Å². The zero-order valence-corrected chi connectivity index (χ0v) is 14.2. The second-order valence-corrected chi connectivity index (χ2v) is 9.05. The quantitative estimate of drug-likeness (QED) is 0.820. The van der Waals surface area contributed by atoms with Crippen molar-refractivity contribution in [1.29, 1.82) is 0 Å². The Bertz CT molecular complexity index is 621. The van der Waals surface area contributed by atoms with Gasteiger partial charge in [-0.15, -0.1) is 0 Å². The Morgan fingerprint density at radius 1 is 1.17 bits per heavy atom. The normalized spacial score (nSPS) is 23.3. The van der Waals surface area contributed by atoms with Crippen LogP contribution in [0.1, 0.15) is 51.0 Å². The number of carbonyl (C=O) groups is 1. The number of amides is 1. The van der Waals surface area contributed by atoms with Crippen molar-refractivity contribution in [2.24, 2.45) is 0 Å². The van der Waals surface area contributed by atoms with Gasteiger partial charge in [0.15, 0.2) is 9.84 Å². The van der Waals surface area contributed by atoms with E-state index in [4.69, 9.17) is 0 Å². The largest absolute Gasteiger partial charge is 0.341 e. The molecule has 1 aromatic heterocycles. The van der Waals surface area contributed by atoms with Gasteiger partial charge in [-0.25, -0.2) is 8.42 Å². The summed E-state index contributed by atoms with van der Waals surface area (Å²) in [5, 5.41) is 4.04. The number of rotatable bonds is 5. The van der Waals surface area contributed by atoms with Crippen LogP contribution in [0.2, 0.25) is 0 Å². The van der Waals surface area contributed by atoms with Crippen molar-refractivity contribution in [3.05, 3.63) is 18.5 Å². The number of piperidine rings is 1. The van der Waals surface area contributed by atoms with E-state index in [9.17, 15) is 13.2 Å². The maximum Gasteiger partial charge on any atom is 0.223 e. The van der Waals surface area contributed by atoms with Gasteiger partial charge in [-0.1, -0.05) is 12.8 Å². The Balaban J connectivity index is 1.53. The van der Waals surface area contributed by atoms with Crippen LogP contribution in [-0.2, 0) is 14.6 Å². The number of sulfone groups is 1. The highest BCUT2D eigenvalue weighted by molar-refractivity contribution is 7.92. The van der Waals surface area contributed by atoms with Gasteiger partial charge in [-0.3, -0.25) is 9.48 Å². The van der Waals surface area contributed by atoms with Crippen molar-refractivity contribution in [3.8, 4) is 0 Å². The van der Waals surface area contributed by atoms with Gasteiger partial charge in [-0.05, 0) is 31.7 Å². The lowest BCUT2D eigenvalue weighted by molar-refractivity contribution is -0.132. The van der Waals surface area contributed by atoms with Gasteiger partial charge in [0, 0.05) is 31.9 Å². The maximum absolute atomic E-state index is 12.4. The number of likely N-dealkylation sites (tertiary alicyclic amines) is 1. The summed E-state index contributed by atoms with van der Waals surface area (Å²) in [5.41, 5.74) is 0. The molecule has 6 nitrogen and oxygen atoms in total. The van der Waals surface area contributed by atoms with Crippen molar-refractivity contribution in [2.45, 2.75) is 56.2 Å². The lowest BCUT2D eigenvalue weighted by Crippen LogP contribution is -2.41. The van der Waals surface area contributed by atoms with E-state index >= 15 is 0 Å². The molecule has 1 aliphatic heterocycles. The fraction of sp³-hybridized carbons (Fsp3) is 0.750. The standard InChI is InChI=1S/C16H25N3O3S/c20-16(8-12-23(21,22)15-6-1-2-7-15)18-10-3-5-14(13-18)19-11-4-9-17-19/h4,9,11,14-15H,1-3,5-8,10,12-13H2. The highest BCUT2D eigenvalue weighted by Gasteiger charge is 2.30. The minimum atomic E-state index is -3.12. The molecule has 0 radical (unpaired) electrons. The second kappa shape index (κ2) is 7.03. The number of carbonyl (C=O) groups excluding carboxylic acids is 1. The molecule has 2 fully saturated rings. The van der Waals surface area contributed by atoms with Crippen molar-refractivity contribution in [3.63, 3.8) is 0 Å². The van der Waals surface area contributed by atoms with E-state index in [1.165, 1.54) is 0 Å². The molecule has 1 unspecified atom stereocenters. The maximum atomic E-state index is 12.4. The summed E-state index contributed by atoms with van der Waals surface area (Å²) in [6.07, 6.45) is 9.24. The third-order valence-corrected chi connectivity index (χ3v) is 7.32. The first-order chi connectivity index (χ1) is 11.1. The van der Waals surface area contributed by atoms with Crippen molar-refractivity contribution in [2.75, 3.05) is 18.8 Å². The number of nitrogens with zero attached hydrogens (tertiary/aromatic N) is 3. The first-order valence-electron chi connectivity index (χ1n) is 8.55. The molecule has 0 spiro atoms. The van der Waals surface area contributed by atoms with E-state index in [0.717, 1.165) is 45.1 Å². The first kappa shape index (κ1) is 16.5. The van der Waals surface area contributed by atoms with Crippen molar-refractivity contribution in [1.82, 2.24) is 14.7 Å². The summed E-state index contributed by atoms with van der Waals surface area (Å²) in [4.78, 5) is 14.2. The first-order valence-corrected chi connectivity index (χ1v) is 10.3. The molecule has 1 atom stereocenters. The highest BCUT2D eigenvalue weighted by Crippen LogP contribution is 2.26. The van der Waals surface area contributed by atoms with Crippen LogP contribution >= 0.6 is 0 Å². The molecule has 23 heavy (non-hydrogen) atoms. The van der Waals surface area contributed by atoms with Gasteiger partial charge >= 0.3 is 0 Å². The summed E-state index contributed by atoms with van der Waals surface area (Å²) in [5.74, 6) is -0.0391. The van der Waals surface area contributed by atoms with Crippen LogP contribution in [0.4, 0.5) is 0 Å². The molecule has 0 N–H and O–H groups in total. The third-order valence-electron chi connectivity index (χ3n) is 5.06. The summed E-state index contributed by atoms with van der Waals surface area (Å²) >= 11 is 0. The Morgan fingerprint density at radius 2 is 1.96 bits per heavy atom. The summed E-state index contributed by atoms with van der Waals surface area (Å²) in [6.45, 7) is 1.35. The zero-order chi connectivity index (χ0) is 16.3. The van der Waals surface area contributed by atoms with Crippen LogP contribution in [0, 0.1) is 0 Å². The molecule has 1 aliphatic carbocycles. The van der Waals surface area contributed by atoms with Gasteiger partial charge in [-0.2, -0.15) is 5.10 Å². The van der Waals surface area contributed by atoms with E-state index in [0.29, 0.717) is 6.54 Å². The Hall–Kier alpha value is -1.37. The molecule has 1 saturated carbocycles. The monoisotopic (exact) mass is 339 g/mol. The smallest absolute Gasteiger partial charge is 0.223 e. The summed E-state index contributed by atoms with van der Waals surface area (Å²) in [6, 6.07) is 2.09. The molecule has 2 aliphatic rings. The van der Waals surface area contributed by atoms with E-state index in [2.05, 4.69) is 5.10 Å². The van der Waals surface area contributed by atoms with Crippen molar-refractivity contribution < 1.29 is 13.2 Å². The van der Waals surface area contributed by atoms with Gasteiger partial charge in [0.1, 0.15) is 0 Å². The van der Waals surface area contributed by atoms with Gasteiger partial charge in [0.2, 0.25) is 5.91 Å². The van der Waals surface area contributed by atoms with Gasteiger partial charge < -0.3 is 4.90 Å². The fourth-order valence-corrected chi connectivity index (χ4v) is 5.54. The third kappa shape index (κ3) is 3.94. The topological polar surface area (TPSA) is 72.3 Å². The summed E-state index contributed by atoms with van der Waals surface area (Å²) in [7, 11) is -3.12. The molecular weight excluding hydrogens is 314 g/mol. The predicted molar refractivity (Wildman–Crippen MR) is 87.7 cm³/mol. The molecule has 7 heteroatoms. The molecule has 2 heterocycles. The average molecular weight is 339 g/mol. The Morgan fingerprint density at radius 3 is 2.65 bits per heavy atom. The molecule has 1 amide bonds. The molecule has 1 aromatic rings. The molecule has 0 aromatic carbocycles. The molecule has 128 valence electrons. The Kier molecular flexibility index (Phi) is 5.04. The Labute approximate surface area is 137 Å². The van der Waals surface area contributed by atoms with Crippen LogP contribution in [0.25, 0.3) is 0 Å². The predicted octanol–water partition coefficient (Wildman–Crippen LogP) is 1.79. The molecular formula is C16H25N3O3S. The fourth-order valence-electron chi connectivity index (χ4n) is 3.70. The van der Waals surface area contributed by atoms with Crippen molar-refractivity contribution >= 4 is 15.7 Å². The summed E-state index contributed by atoms with van der Waals surface area (Å²) < 4.78 is 26.5. The second-order valence-electron chi connectivity index (χ2n) is 6.65. The molecule has 3 rings (SSSR count). The van der Waals surface area contributed by atoms with Crippen LogP contribution in [-0.4, -0.2) is 53.1 Å². The SMILES string of the molecule is O=C(CCS(=O)(=O)C1CCCC1)N1CCCC(n2cccn2)C1. The minimum absolute atomic E-state index is 0.000559. The lowest BCUT2D eigenvalue weighted by atomic mass is 10.1.